The number of nitrogens with two attached hydrogens (primary N) is 1. The van der Waals surface area contributed by atoms with Crippen LogP contribution in [0.1, 0.15) is 29.9 Å². The Bertz CT molecular complexity index is 362. The molecule has 15 heavy (non-hydrogen) atoms. The molecule has 0 saturated heterocycles. The van der Waals surface area contributed by atoms with Crippen molar-refractivity contribution in [2.45, 2.75) is 31.0 Å². The van der Waals surface area contributed by atoms with Crippen molar-refractivity contribution >= 4 is 0 Å². The molecule has 1 heterocycles. The number of rotatable bonds is 1. The SMILES string of the molecule is NC1CCC1c1cnccc1C(F)(F)F. The van der Waals surface area contributed by atoms with E-state index in [1.807, 2.05) is 0 Å². The minimum absolute atomic E-state index is 0.157. The quantitative estimate of drug-likeness (QED) is 0.782. The lowest BCUT2D eigenvalue weighted by atomic mass is 9.74. The maximum absolute atomic E-state index is 12.6. The van der Waals surface area contributed by atoms with Gasteiger partial charge in [0.05, 0.1) is 5.56 Å². The summed E-state index contributed by atoms with van der Waals surface area (Å²) in [5, 5.41) is 0. The molecule has 2 rings (SSSR count). The zero-order valence-electron chi connectivity index (χ0n) is 7.96. The van der Waals surface area contributed by atoms with E-state index in [2.05, 4.69) is 4.98 Å². The topological polar surface area (TPSA) is 38.9 Å². The van der Waals surface area contributed by atoms with Crippen LogP contribution in [0.15, 0.2) is 18.5 Å². The maximum Gasteiger partial charge on any atom is 0.416 e. The Labute approximate surface area is 85.3 Å². The van der Waals surface area contributed by atoms with Gasteiger partial charge in [0, 0.05) is 24.4 Å². The van der Waals surface area contributed by atoms with Gasteiger partial charge in [0.2, 0.25) is 0 Å². The molecule has 2 atom stereocenters. The van der Waals surface area contributed by atoms with Gasteiger partial charge in [-0.05, 0) is 24.5 Å². The monoisotopic (exact) mass is 216 g/mol. The Balaban J connectivity index is 2.38. The summed E-state index contributed by atoms with van der Waals surface area (Å²) in [7, 11) is 0. The molecule has 2 nitrogen and oxygen atoms in total. The lowest BCUT2D eigenvalue weighted by Gasteiger charge is -2.35. The van der Waals surface area contributed by atoms with Crippen LogP contribution in [0.5, 0.6) is 0 Å². The van der Waals surface area contributed by atoms with Gasteiger partial charge in [-0.15, -0.1) is 0 Å². The van der Waals surface area contributed by atoms with Crippen LogP contribution >= 0.6 is 0 Å². The molecule has 1 fully saturated rings. The van der Waals surface area contributed by atoms with Crippen molar-refractivity contribution in [2.24, 2.45) is 5.73 Å². The molecule has 1 aliphatic rings. The van der Waals surface area contributed by atoms with E-state index in [1.54, 1.807) is 0 Å². The first-order valence-electron chi connectivity index (χ1n) is 4.77. The van der Waals surface area contributed by atoms with Crippen LogP contribution in [0.4, 0.5) is 13.2 Å². The average molecular weight is 216 g/mol. The molecule has 5 heteroatoms. The highest BCUT2D eigenvalue weighted by Gasteiger charge is 2.39. The Morgan fingerprint density at radius 2 is 2.07 bits per heavy atom. The van der Waals surface area contributed by atoms with Gasteiger partial charge in [-0.1, -0.05) is 0 Å². The zero-order chi connectivity index (χ0) is 11.1. The Morgan fingerprint density at radius 3 is 2.53 bits per heavy atom. The normalized spacial score (nSPS) is 26.1. The molecular formula is C10H11F3N2. The standard InChI is InChI=1S/C10H11F3N2/c11-10(12,13)8-3-4-15-5-7(8)6-1-2-9(6)14/h3-6,9H,1-2,14H2. The van der Waals surface area contributed by atoms with E-state index in [1.165, 1.54) is 6.20 Å². The smallest absolute Gasteiger partial charge is 0.327 e. The van der Waals surface area contributed by atoms with Crippen molar-refractivity contribution in [1.29, 1.82) is 0 Å². The van der Waals surface area contributed by atoms with E-state index < -0.39 is 11.7 Å². The van der Waals surface area contributed by atoms with Gasteiger partial charge >= 0.3 is 6.18 Å². The van der Waals surface area contributed by atoms with Gasteiger partial charge in [-0.2, -0.15) is 13.2 Å². The van der Waals surface area contributed by atoms with Crippen LogP contribution in [0, 0.1) is 0 Å². The van der Waals surface area contributed by atoms with Crippen LogP contribution < -0.4 is 5.73 Å². The number of hydrogen-bond acceptors (Lipinski definition) is 2. The lowest BCUT2D eigenvalue weighted by Crippen LogP contribution is -2.38. The molecule has 0 radical (unpaired) electrons. The van der Waals surface area contributed by atoms with Gasteiger partial charge in [0.25, 0.3) is 0 Å². The minimum atomic E-state index is -4.31. The predicted molar refractivity (Wildman–Crippen MR) is 49.2 cm³/mol. The second kappa shape index (κ2) is 3.48. The summed E-state index contributed by atoms with van der Waals surface area (Å²) < 4.78 is 37.9. The van der Waals surface area contributed by atoms with E-state index in [4.69, 9.17) is 5.73 Å². The molecule has 0 aliphatic heterocycles. The molecule has 0 bridgehead atoms. The van der Waals surface area contributed by atoms with Gasteiger partial charge in [-0.25, -0.2) is 0 Å². The van der Waals surface area contributed by atoms with E-state index in [0.717, 1.165) is 25.1 Å². The summed E-state index contributed by atoms with van der Waals surface area (Å²) in [5.41, 5.74) is 5.31. The summed E-state index contributed by atoms with van der Waals surface area (Å²) in [6, 6.07) is 0.857. The highest BCUT2D eigenvalue weighted by atomic mass is 19.4. The summed E-state index contributed by atoms with van der Waals surface area (Å²) in [6.45, 7) is 0. The van der Waals surface area contributed by atoms with Crippen LogP contribution in [-0.4, -0.2) is 11.0 Å². The summed E-state index contributed by atoms with van der Waals surface area (Å²) in [6.07, 6.45) is -0.358. The fourth-order valence-electron chi connectivity index (χ4n) is 1.87. The second-order valence-corrected chi connectivity index (χ2v) is 3.81. The molecule has 2 N–H and O–H groups in total. The van der Waals surface area contributed by atoms with E-state index in [9.17, 15) is 13.2 Å². The van der Waals surface area contributed by atoms with Gasteiger partial charge in [-0.3, -0.25) is 4.98 Å². The number of pyridine rings is 1. The van der Waals surface area contributed by atoms with Crippen LogP contribution in [-0.2, 0) is 6.18 Å². The van der Waals surface area contributed by atoms with Gasteiger partial charge in [0.15, 0.2) is 0 Å². The molecule has 0 spiro atoms. The van der Waals surface area contributed by atoms with Crippen molar-refractivity contribution in [3.8, 4) is 0 Å². The maximum atomic E-state index is 12.6. The van der Waals surface area contributed by atoms with Crippen molar-refractivity contribution < 1.29 is 13.2 Å². The Kier molecular flexibility index (Phi) is 2.42. The molecule has 1 aromatic rings. The fourth-order valence-corrected chi connectivity index (χ4v) is 1.87. The molecule has 0 amide bonds. The number of nitrogens with zero attached hydrogens (tertiary/aromatic N) is 1. The molecule has 1 aliphatic carbocycles. The first kappa shape index (κ1) is 10.4. The molecule has 2 unspecified atom stereocenters. The molecule has 82 valence electrons. The molecular weight excluding hydrogens is 205 g/mol. The van der Waals surface area contributed by atoms with Crippen LogP contribution in [0.25, 0.3) is 0 Å². The Morgan fingerprint density at radius 1 is 1.33 bits per heavy atom. The second-order valence-electron chi connectivity index (χ2n) is 3.81. The Hall–Kier alpha value is -1.10. The average Bonchev–Trinajstić information content (AvgIpc) is 2.15. The molecule has 1 aromatic heterocycles. The first-order chi connectivity index (χ1) is 7.00. The summed E-state index contributed by atoms with van der Waals surface area (Å²) in [4.78, 5) is 3.74. The number of alkyl halides is 3. The predicted octanol–water partition coefficient (Wildman–Crippen LogP) is 2.31. The van der Waals surface area contributed by atoms with Crippen LogP contribution in [0.3, 0.4) is 0 Å². The summed E-state index contributed by atoms with van der Waals surface area (Å²) in [5.74, 6) is -0.185. The van der Waals surface area contributed by atoms with Gasteiger partial charge < -0.3 is 5.73 Å². The molecule has 0 aromatic carbocycles. The van der Waals surface area contributed by atoms with Gasteiger partial charge in [0.1, 0.15) is 0 Å². The highest BCUT2D eigenvalue weighted by Crippen LogP contribution is 2.41. The van der Waals surface area contributed by atoms with Crippen molar-refractivity contribution in [1.82, 2.24) is 4.98 Å². The van der Waals surface area contributed by atoms with E-state index >= 15 is 0 Å². The van der Waals surface area contributed by atoms with Crippen molar-refractivity contribution in [3.05, 3.63) is 29.6 Å². The number of halogens is 3. The largest absolute Gasteiger partial charge is 0.416 e. The van der Waals surface area contributed by atoms with Crippen molar-refractivity contribution in [3.63, 3.8) is 0 Å². The van der Waals surface area contributed by atoms with Crippen LogP contribution in [0.2, 0.25) is 0 Å². The number of aromatic nitrogens is 1. The first-order valence-corrected chi connectivity index (χ1v) is 4.77. The third-order valence-electron chi connectivity index (χ3n) is 2.88. The molecule has 1 saturated carbocycles. The summed E-state index contributed by atoms with van der Waals surface area (Å²) >= 11 is 0. The minimum Gasteiger partial charge on any atom is -0.327 e. The zero-order valence-corrected chi connectivity index (χ0v) is 7.96. The van der Waals surface area contributed by atoms with E-state index in [0.29, 0.717) is 0 Å². The number of hydrogen-bond donors (Lipinski definition) is 1. The third kappa shape index (κ3) is 1.84. The third-order valence-corrected chi connectivity index (χ3v) is 2.88. The van der Waals surface area contributed by atoms with Crippen molar-refractivity contribution in [2.75, 3.05) is 0 Å². The fraction of sp³-hybridized carbons (Fsp3) is 0.500. The lowest BCUT2D eigenvalue weighted by molar-refractivity contribution is -0.138. The highest BCUT2D eigenvalue weighted by molar-refractivity contribution is 5.32. The van der Waals surface area contributed by atoms with E-state index in [-0.39, 0.29) is 17.5 Å².